The normalized spacial score (nSPS) is 16.1. The van der Waals surface area contributed by atoms with E-state index in [9.17, 15) is 4.79 Å². The molecule has 1 N–H and O–H groups in total. The van der Waals surface area contributed by atoms with Gasteiger partial charge in [-0.2, -0.15) is 0 Å². The molecule has 144 valence electrons. The third-order valence-electron chi connectivity index (χ3n) is 4.78. The van der Waals surface area contributed by atoms with Gasteiger partial charge in [0.15, 0.2) is 0 Å². The van der Waals surface area contributed by atoms with Crippen molar-refractivity contribution in [1.29, 1.82) is 0 Å². The number of hydrogen-bond acceptors (Lipinski definition) is 4. The summed E-state index contributed by atoms with van der Waals surface area (Å²) in [4.78, 5) is 17.5. The molecule has 1 amide bonds. The lowest BCUT2D eigenvalue weighted by molar-refractivity contribution is -0.130. The minimum atomic E-state index is -0.549. The number of rotatable bonds is 6. The van der Waals surface area contributed by atoms with Gasteiger partial charge in [0.1, 0.15) is 0 Å². The maximum absolute atomic E-state index is 13.2. The summed E-state index contributed by atoms with van der Waals surface area (Å²) in [5, 5.41) is 3.10. The highest BCUT2D eigenvalue weighted by Crippen LogP contribution is 2.35. The SMILES string of the molecule is CC(C)Oc1ccc(CNC(=O)C2(c3ccc(Br)cc3)CCOCC2)cn1. The van der Waals surface area contributed by atoms with Crippen molar-refractivity contribution < 1.29 is 14.3 Å². The second-order valence-corrected chi connectivity index (χ2v) is 7.97. The molecule has 1 aliphatic rings. The van der Waals surface area contributed by atoms with Crippen LogP contribution in [-0.4, -0.2) is 30.2 Å². The molecule has 1 aromatic carbocycles. The second-order valence-electron chi connectivity index (χ2n) is 7.06. The maximum atomic E-state index is 13.2. The van der Waals surface area contributed by atoms with Gasteiger partial charge in [-0.15, -0.1) is 0 Å². The molecule has 2 heterocycles. The monoisotopic (exact) mass is 432 g/mol. The first-order valence-corrected chi connectivity index (χ1v) is 10.0. The summed E-state index contributed by atoms with van der Waals surface area (Å²) in [6.07, 6.45) is 3.19. The number of ether oxygens (including phenoxy) is 2. The maximum Gasteiger partial charge on any atom is 0.231 e. The van der Waals surface area contributed by atoms with Gasteiger partial charge in [-0.3, -0.25) is 4.79 Å². The highest BCUT2D eigenvalue weighted by atomic mass is 79.9. The molecule has 0 saturated carbocycles. The third-order valence-corrected chi connectivity index (χ3v) is 5.31. The van der Waals surface area contributed by atoms with Crippen molar-refractivity contribution in [2.45, 2.75) is 44.8 Å². The number of benzene rings is 1. The average molecular weight is 433 g/mol. The molecule has 0 bridgehead atoms. The molecular formula is C21H25BrN2O3. The van der Waals surface area contributed by atoms with Crippen molar-refractivity contribution in [3.63, 3.8) is 0 Å². The molecule has 27 heavy (non-hydrogen) atoms. The smallest absolute Gasteiger partial charge is 0.231 e. The Labute approximate surface area is 168 Å². The predicted molar refractivity (Wildman–Crippen MR) is 108 cm³/mol. The minimum absolute atomic E-state index is 0.0376. The standard InChI is InChI=1S/C21H25BrN2O3/c1-15(2)27-19-8-3-16(13-23-19)14-24-20(25)21(9-11-26-12-10-21)17-4-6-18(22)7-5-17/h3-8,13,15H,9-12,14H2,1-2H3,(H,24,25). The largest absolute Gasteiger partial charge is 0.475 e. The molecule has 0 unspecified atom stereocenters. The van der Waals surface area contributed by atoms with Crippen LogP contribution in [0.2, 0.25) is 0 Å². The molecule has 1 aliphatic heterocycles. The fourth-order valence-electron chi connectivity index (χ4n) is 3.31. The molecule has 3 rings (SSSR count). The molecule has 0 spiro atoms. The molecule has 0 atom stereocenters. The van der Waals surface area contributed by atoms with E-state index in [4.69, 9.17) is 9.47 Å². The Balaban J connectivity index is 1.70. The molecular weight excluding hydrogens is 408 g/mol. The van der Waals surface area contributed by atoms with E-state index in [0.29, 0.717) is 38.5 Å². The number of aromatic nitrogens is 1. The summed E-state index contributed by atoms with van der Waals surface area (Å²) in [5.41, 5.74) is 1.43. The van der Waals surface area contributed by atoms with Gasteiger partial charge in [0.25, 0.3) is 0 Å². The van der Waals surface area contributed by atoms with Crippen LogP contribution in [0, 0.1) is 0 Å². The average Bonchev–Trinajstić information content (AvgIpc) is 2.68. The van der Waals surface area contributed by atoms with Gasteiger partial charge in [0.2, 0.25) is 11.8 Å². The van der Waals surface area contributed by atoms with Gasteiger partial charge >= 0.3 is 0 Å². The van der Waals surface area contributed by atoms with Gasteiger partial charge in [0.05, 0.1) is 11.5 Å². The predicted octanol–water partition coefficient (Wildman–Crippen LogP) is 4.00. The molecule has 0 aliphatic carbocycles. The summed E-state index contributed by atoms with van der Waals surface area (Å²) in [5.74, 6) is 0.631. The Bertz CT molecular complexity index is 754. The number of nitrogens with one attached hydrogen (secondary N) is 1. The Morgan fingerprint density at radius 1 is 1.22 bits per heavy atom. The van der Waals surface area contributed by atoms with Crippen LogP contribution in [0.15, 0.2) is 47.1 Å². The van der Waals surface area contributed by atoms with Crippen LogP contribution in [0.1, 0.15) is 37.8 Å². The van der Waals surface area contributed by atoms with Gasteiger partial charge in [-0.25, -0.2) is 4.98 Å². The van der Waals surface area contributed by atoms with Crippen LogP contribution in [0.25, 0.3) is 0 Å². The summed E-state index contributed by atoms with van der Waals surface area (Å²) in [6.45, 7) is 5.54. The van der Waals surface area contributed by atoms with E-state index < -0.39 is 5.41 Å². The lowest BCUT2D eigenvalue weighted by Gasteiger charge is -2.36. The van der Waals surface area contributed by atoms with Crippen LogP contribution in [-0.2, 0) is 21.5 Å². The number of halogens is 1. The van der Waals surface area contributed by atoms with E-state index in [1.165, 1.54) is 0 Å². The summed E-state index contributed by atoms with van der Waals surface area (Å²) in [6, 6.07) is 11.8. The molecule has 1 fully saturated rings. The second kappa shape index (κ2) is 8.85. The molecule has 0 radical (unpaired) electrons. The number of nitrogens with zero attached hydrogens (tertiary/aromatic N) is 1. The lowest BCUT2D eigenvalue weighted by atomic mass is 9.73. The first-order valence-electron chi connectivity index (χ1n) is 9.23. The van der Waals surface area contributed by atoms with Gasteiger partial charge in [0, 0.05) is 36.5 Å². The van der Waals surface area contributed by atoms with Crippen LogP contribution in [0.5, 0.6) is 5.88 Å². The van der Waals surface area contributed by atoms with E-state index in [-0.39, 0.29) is 12.0 Å². The molecule has 5 nitrogen and oxygen atoms in total. The Morgan fingerprint density at radius 3 is 2.52 bits per heavy atom. The Kier molecular flexibility index (Phi) is 6.50. The van der Waals surface area contributed by atoms with Crippen LogP contribution >= 0.6 is 15.9 Å². The number of amides is 1. The molecule has 6 heteroatoms. The fourth-order valence-corrected chi connectivity index (χ4v) is 3.58. The number of hydrogen-bond donors (Lipinski definition) is 1. The van der Waals surface area contributed by atoms with Crippen LogP contribution in [0.3, 0.4) is 0 Å². The first-order chi connectivity index (χ1) is 13.0. The van der Waals surface area contributed by atoms with E-state index in [2.05, 4.69) is 26.2 Å². The Morgan fingerprint density at radius 2 is 1.93 bits per heavy atom. The van der Waals surface area contributed by atoms with Gasteiger partial charge in [-0.1, -0.05) is 34.1 Å². The van der Waals surface area contributed by atoms with E-state index in [1.807, 2.05) is 50.2 Å². The number of pyridine rings is 1. The van der Waals surface area contributed by atoms with E-state index in [1.54, 1.807) is 6.20 Å². The first kappa shape index (κ1) is 19.8. The topological polar surface area (TPSA) is 60.5 Å². The fraction of sp³-hybridized carbons (Fsp3) is 0.429. The Hall–Kier alpha value is -1.92. The molecule has 1 aromatic heterocycles. The van der Waals surface area contributed by atoms with Crippen molar-refractivity contribution in [2.75, 3.05) is 13.2 Å². The number of carbonyl (C=O) groups is 1. The summed E-state index contributed by atoms with van der Waals surface area (Å²) < 4.78 is 12.1. The van der Waals surface area contributed by atoms with Crippen molar-refractivity contribution >= 4 is 21.8 Å². The van der Waals surface area contributed by atoms with Gasteiger partial charge in [-0.05, 0) is 49.9 Å². The van der Waals surface area contributed by atoms with Crippen molar-refractivity contribution in [1.82, 2.24) is 10.3 Å². The van der Waals surface area contributed by atoms with Crippen LogP contribution < -0.4 is 10.1 Å². The quantitative estimate of drug-likeness (QED) is 0.749. The summed E-state index contributed by atoms with van der Waals surface area (Å²) >= 11 is 3.46. The van der Waals surface area contributed by atoms with E-state index >= 15 is 0 Å². The highest BCUT2D eigenvalue weighted by molar-refractivity contribution is 9.10. The third kappa shape index (κ3) is 4.87. The lowest BCUT2D eigenvalue weighted by Crippen LogP contribution is -2.47. The summed E-state index contributed by atoms with van der Waals surface area (Å²) in [7, 11) is 0. The highest BCUT2D eigenvalue weighted by Gasteiger charge is 2.41. The number of carbonyl (C=O) groups excluding carboxylic acids is 1. The van der Waals surface area contributed by atoms with Crippen LogP contribution in [0.4, 0.5) is 0 Å². The minimum Gasteiger partial charge on any atom is -0.475 e. The molecule has 1 saturated heterocycles. The zero-order chi connectivity index (χ0) is 19.3. The van der Waals surface area contributed by atoms with Gasteiger partial charge < -0.3 is 14.8 Å². The zero-order valence-electron chi connectivity index (χ0n) is 15.7. The zero-order valence-corrected chi connectivity index (χ0v) is 17.3. The van der Waals surface area contributed by atoms with Crippen molar-refractivity contribution in [3.05, 3.63) is 58.2 Å². The van der Waals surface area contributed by atoms with Crippen molar-refractivity contribution in [2.24, 2.45) is 0 Å². The van der Waals surface area contributed by atoms with Crippen molar-refractivity contribution in [3.8, 4) is 5.88 Å². The van der Waals surface area contributed by atoms with E-state index in [0.717, 1.165) is 15.6 Å². The molecule has 2 aromatic rings.